The van der Waals surface area contributed by atoms with Gasteiger partial charge in [0, 0.05) is 13.0 Å². The first-order valence-electron chi connectivity index (χ1n) is 7.83. The molecule has 0 amide bonds. The van der Waals surface area contributed by atoms with Crippen molar-refractivity contribution < 1.29 is 24.8 Å². The van der Waals surface area contributed by atoms with E-state index in [0.717, 1.165) is 0 Å². The molecule has 10 nitrogen and oxygen atoms in total. The van der Waals surface area contributed by atoms with Gasteiger partial charge in [0.05, 0.1) is 31.7 Å². The van der Waals surface area contributed by atoms with Crippen LogP contribution in [-0.4, -0.2) is 79.0 Å². The van der Waals surface area contributed by atoms with Crippen LogP contribution < -0.4 is 5.32 Å². The number of fused-ring (bicyclic) bond motifs is 1. The first kappa shape index (κ1) is 15.7. The number of aliphatic hydroxyl groups excluding tert-OH is 3. The normalized spacial score (nSPS) is 30.6. The van der Waals surface area contributed by atoms with Gasteiger partial charge in [-0.05, 0) is 0 Å². The lowest BCUT2D eigenvalue weighted by Gasteiger charge is -2.14. The van der Waals surface area contributed by atoms with Crippen LogP contribution in [0.1, 0.15) is 12.6 Å². The number of imidazole rings is 1. The molecule has 2 aromatic rings. The van der Waals surface area contributed by atoms with Crippen LogP contribution in [0.25, 0.3) is 11.2 Å². The summed E-state index contributed by atoms with van der Waals surface area (Å²) in [6, 6.07) is 0. The zero-order chi connectivity index (χ0) is 16.7. The molecule has 0 bridgehead atoms. The Kier molecular flexibility index (Phi) is 4.06. The van der Waals surface area contributed by atoms with Crippen LogP contribution in [0.4, 0.5) is 5.82 Å². The van der Waals surface area contributed by atoms with Gasteiger partial charge in [-0.2, -0.15) is 0 Å². The number of hydrogen-bond donors (Lipinski definition) is 4. The summed E-state index contributed by atoms with van der Waals surface area (Å²) in [5.74, 6) is 0.510. The second-order valence-electron chi connectivity index (χ2n) is 5.98. The smallest absolute Gasteiger partial charge is 0.167 e. The fourth-order valence-electron chi connectivity index (χ4n) is 2.85. The zero-order valence-corrected chi connectivity index (χ0v) is 12.8. The van der Waals surface area contributed by atoms with Crippen LogP contribution in [0.15, 0.2) is 12.7 Å². The van der Waals surface area contributed by atoms with Gasteiger partial charge in [-0.25, -0.2) is 15.0 Å². The van der Waals surface area contributed by atoms with Crippen LogP contribution in [0.3, 0.4) is 0 Å². The molecule has 4 N–H and O–H groups in total. The molecule has 0 saturated carbocycles. The van der Waals surface area contributed by atoms with E-state index in [1.165, 1.54) is 6.33 Å². The number of epoxide rings is 1. The summed E-state index contributed by atoms with van der Waals surface area (Å²) in [4.78, 5) is 12.7. The van der Waals surface area contributed by atoms with Gasteiger partial charge in [0.25, 0.3) is 0 Å². The number of ether oxygens (including phenoxy) is 2. The van der Waals surface area contributed by atoms with Crippen LogP contribution in [0.5, 0.6) is 0 Å². The third kappa shape index (κ3) is 2.82. The summed E-state index contributed by atoms with van der Waals surface area (Å²) in [6.45, 7) is 0.631. The number of nitrogens with zero attached hydrogens (tertiary/aromatic N) is 4. The third-order valence-corrected chi connectivity index (χ3v) is 4.32. The molecular weight excluding hydrogens is 318 g/mol. The van der Waals surface area contributed by atoms with Gasteiger partial charge in [0.2, 0.25) is 0 Å². The summed E-state index contributed by atoms with van der Waals surface area (Å²) in [5.41, 5.74) is 1.10. The van der Waals surface area contributed by atoms with E-state index in [-0.39, 0.29) is 12.7 Å². The predicted molar refractivity (Wildman–Crippen MR) is 81.2 cm³/mol. The first-order chi connectivity index (χ1) is 11.7. The summed E-state index contributed by atoms with van der Waals surface area (Å²) in [6.07, 6.45) is 0.814. The van der Waals surface area contributed by atoms with Crippen molar-refractivity contribution in [2.75, 3.05) is 25.1 Å². The van der Waals surface area contributed by atoms with E-state index in [4.69, 9.17) is 9.47 Å². The number of anilines is 1. The summed E-state index contributed by atoms with van der Waals surface area (Å²) in [7, 11) is 0. The number of rotatable bonds is 6. The molecule has 24 heavy (non-hydrogen) atoms. The van der Waals surface area contributed by atoms with Crippen molar-refractivity contribution >= 4 is 17.0 Å². The monoisotopic (exact) mass is 337 g/mol. The number of hydrogen-bond acceptors (Lipinski definition) is 9. The molecule has 0 spiro atoms. The van der Waals surface area contributed by atoms with E-state index >= 15 is 0 Å². The van der Waals surface area contributed by atoms with Crippen molar-refractivity contribution in [2.45, 2.75) is 37.1 Å². The largest absolute Gasteiger partial charge is 0.394 e. The lowest BCUT2D eigenvalue weighted by atomic mass is 10.2. The van der Waals surface area contributed by atoms with Gasteiger partial charge in [0.1, 0.15) is 24.8 Å². The SMILES string of the molecule is OC[C@H]1O[C@@H](n2cnc3c(NCC(O)C4CO4)ncnc32)C[C@@H]1O. The van der Waals surface area contributed by atoms with Crippen LogP contribution in [0, 0.1) is 0 Å². The molecule has 0 aliphatic carbocycles. The molecule has 2 aliphatic rings. The van der Waals surface area contributed by atoms with Crippen molar-refractivity contribution in [3.63, 3.8) is 0 Å². The summed E-state index contributed by atoms with van der Waals surface area (Å²) < 4.78 is 12.4. The Morgan fingerprint density at radius 2 is 2.21 bits per heavy atom. The lowest BCUT2D eigenvalue weighted by Crippen LogP contribution is -2.25. The highest BCUT2D eigenvalue weighted by Gasteiger charge is 2.35. The molecule has 4 heterocycles. The molecule has 2 saturated heterocycles. The molecule has 2 aliphatic heterocycles. The van der Waals surface area contributed by atoms with Crippen molar-refractivity contribution in [3.8, 4) is 0 Å². The first-order valence-corrected chi connectivity index (χ1v) is 7.83. The molecule has 4 rings (SSSR count). The topological polar surface area (TPSA) is 138 Å². The third-order valence-electron chi connectivity index (χ3n) is 4.32. The van der Waals surface area contributed by atoms with Crippen LogP contribution >= 0.6 is 0 Å². The van der Waals surface area contributed by atoms with Crippen LogP contribution in [-0.2, 0) is 9.47 Å². The van der Waals surface area contributed by atoms with E-state index in [9.17, 15) is 15.3 Å². The quantitative estimate of drug-likeness (QED) is 0.471. The molecule has 2 unspecified atom stereocenters. The van der Waals surface area contributed by atoms with E-state index in [1.54, 1.807) is 10.9 Å². The Bertz CT molecular complexity index is 721. The van der Waals surface area contributed by atoms with Gasteiger partial charge in [-0.3, -0.25) is 4.57 Å². The van der Waals surface area contributed by atoms with E-state index in [1.807, 2.05) is 0 Å². The lowest BCUT2D eigenvalue weighted by molar-refractivity contribution is -0.0432. The van der Waals surface area contributed by atoms with Gasteiger partial charge >= 0.3 is 0 Å². The van der Waals surface area contributed by atoms with E-state index in [2.05, 4.69) is 20.3 Å². The van der Waals surface area contributed by atoms with Crippen LogP contribution in [0.2, 0.25) is 0 Å². The minimum atomic E-state index is -0.731. The molecule has 10 heteroatoms. The summed E-state index contributed by atoms with van der Waals surface area (Å²) in [5, 5.41) is 32.0. The highest BCUT2D eigenvalue weighted by atomic mass is 16.6. The Balaban J connectivity index is 1.55. The minimum absolute atomic E-state index is 0.115. The fraction of sp³-hybridized carbons (Fsp3) is 0.643. The highest BCUT2D eigenvalue weighted by molar-refractivity contribution is 5.82. The van der Waals surface area contributed by atoms with Crippen molar-refractivity contribution in [1.82, 2.24) is 19.5 Å². The molecule has 130 valence electrons. The van der Waals surface area contributed by atoms with Gasteiger partial charge in [-0.1, -0.05) is 0 Å². The maximum atomic E-state index is 9.88. The molecule has 2 fully saturated rings. The highest BCUT2D eigenvalue weighted by Crippen LogP contribution is 2.31. The molecular formula is C14H19N5O5. The minimum Gasteiger partial charge on any atom is -0.394 e. The van der Waals surface area contributed by atoms with E-state index in [0.29, 0.717) is 36.6 Å². The van der Waals surface area contributed by atoms with Crippen molar-refractivity contribution in [3.05, 3.63) is 12.7 Å². The fourth-order valence-corrected chi connectivity index (χ4v) is 2.85. The second-order valence-corrected chi connectivity index (χ2v) is 5.98. The Labute approximate surface area is 137 Å². The molecule has 5 atom stereocenters. The predicted octanol–water partition coefficient (Wildman–Crippen LogP) is -1.36. The Hall–Kier alpha value is -1.85. The summed E-state index contributed by atoms with van der Waals surface area (Å²) >= 11 is 0. The molecule has 2 aromatic heterocycles. The van der Waals surface area contributed by atoms with Gasteiger partial charge in [-0.15, -0.1) is 0 Å². The second kappa shape index (κ2) is 6.22. The molecule has 0 radical (unpaired) electrons. The van der Waals surface area contributed by atoms with Gasteiger partial charge in [0.15, 0.2) is 17.0 Å². The van der Waals surface area contributed by atoms with Crippen molar-refractivity contribution in [2.24, 2.45) is 0 Å². The number of aliphatic hydroxyl groups is 3. The van der Waals surface area contributed by atoms with Gasteiger partial charge < -0.3 is 30.1 Å². The Morgan fingerprint density at radius 1 is 1.38 bits per heavy atom. The maximum absolute atomic E-state index is 9.88. The molecule has 0 aromatic carbocycles. The average molecular weight is 337 g/mol. The van der Waals surface area contributed by atoms with E-state index < -0.39 is 24.5 Å². The maximum Gasteiger partial charge on any atom is 0.167 e. The number of nitrogens with one attached hydrogen (secondary N) is 1. The number of aromatic nitrogens is 4. The standard InChI is InChI=1S/C14H19N5O5/c20-3-9-7(21)1-11(24-9)19-6-18-12-13(16-5-17-14(12)19)15-2-8(22)10-4-23-10/h5-11,20-22H,1-4H2,(H,15,16,17)/t7-,8?,9+,10?,11+/m0/s1. The zero-order valence-electron chi connectivity index (χ0n) is 12.8. The van der Waals surface area contributed by atoms with Crippen molar-refractivity contribution in [1.29, 1.82) is 0 Å². The average Bonchev–Trinajstić information content (AvgIpc) is 3.25. The Morgan fingerprint density at radius 3 is 2.92 bits per heavy atom.